The van der Waals surface area contributed by atoms with Crippen LogP contribution in [0.1, 0.15) is 28.7 Å². The Balaban J connectivity index is 1.55. The highest BCUT2D eigenvalue weighted by molar-refractivity contribution is 5.58. The molecule has 0 saturated carbocycles. The summed E-state index contributed by atoms with van der Waals surface area (Å²) in [6.07, 6.45) is 4.31. The van der Waals surface area contributed by atoms with Crippen LogP contribution in [0.2, 0.25) is 0 Å². The van der Waals surface area contributed by atoms with Crippen LogP contribution in [-0.2, 0) is 5.72 Å². The van der Waals surface area contributed by atoms with Crippen LogP contribution < -0.4 is 0 Å². The normalized spacial score (nSPS) is 18.4. The minimum Gasteiger partial charge on any atom is -0.364 e. The molecule has 5 heteroatoms. The summed E-state index contributed by atoms with van der Waals surface area (Å²) in [4.78, 5) is 0. The highest BCUT2D eigenvalue weighted by atomic mass is 16.3. The smallest absolute Gasteiger partial charge is 0.206 e. The van der Waals surface area contributed by atoms with Crippen LogP contribution in [0.4, 0.5) is 17.1 Å². The molecule has 0 radical (unpaired) electrons. The maximum Gasteiger partial charge on any atom is 0.206 e. The fourth-order valence-electron chi connectivity index (χ4n) is 3.32. The molecule has 0 fully saturated rings. The van der Waals surface area contributed by atoms with Gasteiger partial charge in [0.05, 0.1) is 17.1 Å². The Kier molecular flexibility index (Phi) is 5.14. The average molecular weight is 382 g/mol. The van der Waals surface area contributed by atoms with Crippen molar-refractivity contribution in [1.29, 1.82) is 0 Å². The van der Waals surface area contributed by atoms with E-state index in [0.29, 0.717) is 12.1 Å². The van der Waals surface area contributed by atoms with Crippen molar-refractivity contribution in [3.05, 3.63) is 95.1 Å². The van der Waals surface area contributed by atoms with Gasteiger partial charge in [-0.25, -0.2) is 0 Å². The van der Waals surface area contributed by atoms with E-state index in [-0.39, 0.29) is 0 Å². The highest BCUT2D eigenvalue weighted by Crippen LogP contribution is 2.36. The zero-order valence-corrected chi connectivity index (χ0v) is 16.4. The zero-order chi connectivity index (χ0) is 20.3. The molecule has 3 aromatic carbocycles. The molecule has 5 nitrogen and oxygen atoms in total. The van der Waals surface area contributed by atoms with Crippen LogP contribution in [0.5, 0.6) is 0 Å². The SMILES string of the molecule is Cc1cccc(/N=N/c2ccc(/N=N/C3(O)CC=Cc4ccccc43)cc2C)c1. The van der Waals surface area contributed by atoms with Crippen molar-refractivity contribution in [2.45, 2.75) is 26.0 Å². The summed E-state index contributed by atoms with van der Waals surface area (Å²) < 4.78 is 0. The lowest BCUT2D eigenvalue weighted by atomic mass is 9.90. The van der Waals surface area contributed by atoms with E-state index in [0.717, 1.165) is 33.6 Å². The molecule has 3 aromatic rings. The molecular weight excluding hydrogens is 360 g/mol. The molecule has 0 amide bonds. The molecule has 1 aliphatic rings. The first-order valence-electron chi connectivity index (χ1n) is 9.54. The first-order valence-corrected chi connectivity index (χ1v) is 9.54. The summed E-state index contributed by atoms with van der Waals surface area (Å²) >= 11 is 0. The summed E-state index contributed by atoms with van der Waals surface area (Å²) in [5, 5.41) is 28.2. The zero-order valence-electron chi connectivity index (χ0n) is 16.4. The Morgan fingerprint density at radius 3 is 2.48 bits per heavy atom. The minimum atomic E-state index is -1.34. The standard InChI is InChI=1S/C24H22N4O/c1-17-7-5-10-20(15-17)25-27-23-13-12-21(16-18(23)2)26-28-24(29)14-6-9-19-8-3-4-11-22(19)24/h3-13,15-16,29H,14H2,1-2H3/b27-25+,28-26+. The van der Waals surface area contributed by atoms with Crippen molar-refractivity contribution >= 4 is 23.1 Å². The third-order valence-electron chi connectivity index (χ3n) is 4.88. The third kappa shape index (κ3) is 4.20. The van der Waals surface area contributed by atoms with Gasteiger partial charge in [0.1, 0.15) is 0 Å². The van der Waals surface area contributed by atoms with Gasteiger partial charge in [0, 0.05) is 12.0 Å². The van der Waals surface area contributed by atoms with Gasteiger partial charge in [0.15, 0.2) is 0 Å². The van der Waals surface area contributed by atoms with Crippen molar-refractivity contribution < 1.29 is 5.11 Å². The lowest BCUT2D eigenvalue weighted by Crippen LogP contribution is -2.24. The average Bonchev–Trinajstić information content (AvgIpc) is 2.72. The quantitative estimate of drug-likeness (QED) is 0.482. The largest absolute Gasteiger partial charge is 0.364 e. The predicted molar refractivity (Wildman–Crippen MR) is 115 cm³/mol. The predicted octanol–water partition coefficient (Wildman–Crippen LogP) is 7.06. The van der Waals surface area contributed by atoms with Crippen molar-refractivity contribution in [3.8, 4) is 0 Å². The number of benzene rings is 3. The molecule has 0 aliphatic heterocycles. The fourth-order valence-corrected chi connectivity index (χ4v) is 3.32. The number of rotatable bonds is 4. The molecule has 0 spiro atoms. The molecular formula is C24H22N4O. The van der Waals surface area contributed by atoms with E-state index < -0.39 is 5.72 Å². The van der Waals surface area contributed by atoms with Gasteiger partial charge in [-0.05, 0) is 60.9 Å². The summed E-state index contributed by atoms with van der Waals surface area (Å²) in [5.41, 5.74) is 4.73. The maximum atomic E-state index is 11.0. The lowest BCUT2D eigenvalue weighted by molar-refractivity contribution is 0.0408. The summed E-state index contributed by atoms with van der Waals surface area (Å²) in [6, 6.07) is 21.2. The first-order chi connectivity index (χ1) is 14.0. The van der Waals surface area contributed by atoms with Gasteiger partial charge in [-0.15, -0.1) is 5.11 Å². The molecule has 0 saturated heterocycles. The van der Waals surface area contributed by atoms with Gasteiger partial charge >= 0.3 is 0 Å². The van der Waals surface area contributed by atoms with Crippen LogP contribution in [0.15, 0.2) is 93.3 Å². The third-order valence-corrected chi connectivity index (χ3v) is 4.88. The van der Waals surface area contributed by atoms with Gasteiger partial charge in [-0.3, -0.25) is 0 Å². The molecule has 0 aromatic heterocycles. The molecule has 0 bridgehead atoms. The monoisotopic (exact) mass is 382 g/mol. The number of fused-ring (bicyclic) bond motifs is 1. The van der Waals surface area contributed by atoms with Crippen LogP contribution >= 0.6 is 0 Å². The topological polar surface area (TPSA) is 69.7 Å². The number of hydrogen-bond acceptors (Lipinski definition) is 5. The fraction of sp³-hybridized carbons (Fsp3) is 0.167. The van der Waals surface area contributed by atoms with Crippen LogP contribution in [0, 0.1) is 13.8 Å². The number of nitrogens with zero attached hydrogens (tertiary/aromatic N) is 4. The van der Waals surface area contributed by atoms with Gasteiger partial charge in [0.25, 0.3) is 0 Å². The van der Waals surface area contributed by atoms with Crippen molar-refractivity contribution in [1.82, 2.24) is 0 Å². The van der Waals surface area contributed by atoms with Crippen molar-refractivity contribution in [2.24, 2.45) is 20.5 Å². The van der Waals surface area contributed by atoms with E-state index >= 15 is 0 Å². The number of aryl methyl sites for hydroxylation is 2. The minimum absolute atomic E-state index is 0.398. The van der Waals surface area contributed by atoms with Gasteiger partial charge in [-0.2, -0.15) is 15.3 Å². The molecule has 1 unspecified atom stereocenters. The molecule has 1 N–H and O–H groups in total. The van der Waals surface area contributed by atoms with E-state index in [4.69, 9.17) is 0 Å². The Bertz CT molecular complexity index is 1130. The Labute approximate surface area is 170 Å². The molecule has 4 rings (SSSR count). The van der Waals surface area contributed by atoms with Gasteiger partial charge in [-0.1, -0.05) is 48.6 Å². The second-order valence-electron chi connectivity index (χ2n) is 7.22. The molecule has 144 valence electrons. The number of aliphatic hydroxyl groups is 1. The van der Waals surface area contributed by atoms with Gasteiger partial charge in [0.2, 0.25) is 5.72 Å². The second kappa shape index (κ2) is 7.89. The van der Waals surface area contributed by atoms with E-state index in [2.05, 4.69) is 20.5 Å². The summed E-state index contributed by atoms with van der Waals surface area (Å²) in [5.74, 6) is 0. The molecule has 0 heterocycles. The Morgan fingerprint density at radius 2 is 1.66 bits per heavy atom. The van der Waals surface area contributed by atoms with E-state index in [1.165, 1.54) is 0 Å². The van der Waals surface area contributed by atoms with E-state index in [9.17, 15) is 5.11 Å². The number of azo groups is 2. The Hall–Kier alpha value is -3.44. The molecule has 1 atom stereocenters. The van der Waals surface area contributed by atoms with Crippen LogP contribution in [0.3, 0.4) is 0 Å². The summed E-state index contributed by atoms with van der Waals surface area (Å²) in [6.45, 7) is 3.98. The van der Waals surface area contributed by atoms with Crippen molar-refractivity contribution in [2.75, 3.05) is 0 Å². The van der Waals surface area contributed by atoms with Crippen LogP contribution in [-0.4, -0.2) is 5.11 Å². The maximum absolute atomic E-state index is 11.0. The van der Waals surface area contributed by atoms with Crippen molar-refractivity contribution in [3.63, 3.8) is 0 Å². The van der Waals surface area contributed by atoms with E-state index in [1.807, 2.05) is 92.7 Å². The van der Waals surface area contributed by atoms with E-state index in [1.54, 1.807) is 0 Å². The van der Waals surface area contributed by atoms with Gasteiger partial charge < -0.3 is 5.11 Å². The van der Waals surface area contributed by atoms with Crippen LogP contribution in [0.25, 0.3) is 6.08 Å². The Morgan fingerprint density at radius 1 is 0.828 bits per heavy atom. The number of hydrogen-bond donors (Lipinski definition) is 1. The molecule has 29 heavy (non-hydrogen) atoms. The highest BCUT2D eigenvalue weighted by Gasteiger charge is 2.32. The summed E-state index contributed by atoms with van der Waals surface area (Å²) in [7, 11) is 0. The first kappa shape index (κ1) is 18.9. The lowest BCUT2D eigenvalue weighted by Gasteiger charge is -2.26. The molecule has 1 aliphatic carbocycles. The second-order valence-corrected chi connectivity index (χ2v) is 7.22.